The van der Waals surface area contributed by atoms with Gasteiger partial charge in [-0.1, -0.05) is 6.07 Å². The number of nitrogens with zero attached hydrogens (tertiary/aromatic N) is 3. The lowest BCUT2D eigenvalue weighted by Gasteiger charge is -2.35. The Hall–Kier alpha value is -2.37. The first kappa shape index (κ1) is 17.0. The van der Waals surface area contributed by atoms with Crippen LogP contribution in [-0.2, 0) is 9.53 Å². The molecule has 0 radical (unpaired) electrons. The lowest BCUT2D eigenvalue weighted by molar-refractivity contribution is -0.127. The normalized spacial score (nSPS) is 15.8. The predicted molar refractivity (Wildman–Crippen MR) is 87.7 cm³/mol. The van der Waals surface area contributed by atoms with Gasteiger partial charge in [-0.25, -0.2) is 4.79 Å². The monoisotopic (exact) mass is 317 g/mol. The van der Waals surface area contributed by atoms with Crippen molar-refractivity contribution in [2.45, 2.75) is 26.4 Å². The first-order chi connectivity index (χ1) is 10.8. The van der Waals surface area contributed by atoms with Crippen LogP contribution in [0.2, 0.25) is 0 Å². The molecular weight excluding hydrogens is 294 g/mol. The summed E-state index contributed by atoms with van der Waals surface area (Å²) in [7, 11) is 0. The fourth-order valence-electron chi connectivity index (χ4n) is 2.18. The standard InChI is InChI=1S/C17H23N3O3/c1-17(2,3)23-16(22)20-11-9-19(10-12-20)15(21)7-6-14-5-4-8-18-13-14/h4-8,13H,9-12H2,1-3H3/b7-6+. The van der Waals surface area contributed by atoms with Crippen molar-refractivity contribution in [3.05, 3.63) is 36.2 Å². The number of pyridine rings is 1. The van der Waals surface area contributed by atoms with Crippen LogP contribution < -0.4 is 0 Å². The molecule has 1 fully saturated rings. The molecule has 0 atom stereocenters. The summed E-state index contributed by atoms with van der Waals surface area (Å²) in [5.41, 5.74) is 0.379. The van der Waals surface area contributed by atoms with Crippen LogP contribution in [0.3, 0.4) is 0 Å². The Balaban J connectivity index is 1.83. The van der Waals surface area contributed by atoms with Crippen LogP contribution in [-0.4, -0.2) is 58.6 Å². The first-order valence-electron chi connectivity index (χ1n) is 7.70. The van der Waals surface area contributed by atoms with Gasteiger partial charge in [0.05, 0.1) is 0 Å². The number of carbonyl (C=O) groups is 2. The molecule has 1 aliphatic heterocycles. The minimum Gasteiger partial charge on any atom is -0.444 e. The van der Waals surface area contributed by atoms with Crippen molar-refractivity contribution >= 4 is 18.1 Å². The highest BCUT2D eigenvalue weighted by molar-refractivity contribution is 5.91. The van der Waals surface area contributed by atoms with Gasteiger partial charge in [-0.15, -0.1) is 0 Å². The van der Waals surface area contributed by atoms with Gasteiger partial charge in [-0.05, 0) is 38.5 Å². The number of hydrogen-bond acceptors (Lipinski definition) is 4. The molecule has 6 nitrogen and oxygen atoms in total. The van der Waals surface area contributed by atoms with Gasteiger partial charge in [-0.3, -0.25) is 9.78 Å². The van der Waals surface area contributed by atoms with E-state index in [1.807, 2.05) is 32.9 Å². The van der Waals surface area contributed by atoms with E-state index in [4.69, 9.17) is 4.74 Å². The molecule has 2 heterocycles. The van der Waals surface area contributed by atoms with Crippen molar-refractivity contribution in [3.63, 3.8) is 0 Å². The zero-order valence-electron chi connectivity index (χ0n) is 13.9. The average molecular weight is 317 g/mol. The summed E-state index contributed by atoms with van der Waals surface area (Å²) in [5, 5.41) is 0. The number of carbonyl (C=O) groups excluding carboxylic acids is 2. The number of hydrogen-bond donors (Lipinski definition) is 0. The number of piperazine rings is 1. The second kappa shape index (κ2) is 7.26. The average Bonchev–Trinajstić information content (AvgIpc) is 2.52. The fraction of sp³-hybridized carbons (Fsp3) is 0.471. The SMILES string of the molecule is CC(C)(C)OC(=O)N1CCN(C(=O)/C=C/c2cccnc2)CC1. The second-order valence-electron chi connectivity index (χ2n) is 6.41. The number of rotatable bonds is 2. The maximum absolute atomic E-state index is 12.2. The summed E-state index contributed by atoms with van der Waals surface area (Å²) < 4.78 is 5.34. The number of amides is 2. The number of aromatic nitrogens is 1. The molecule has 1 aromatic rings. The largest absolute Gasteiger partial charge is 0.444 e. The molecule has 0 aliphatic carbocycles. The van der Waals surface area contributed by atoms with Gasteiger partial charge in [0, 0.05) is 44.6 Å². The molecule has 0 unspecified atom stereocenters. The summed E-state index contributed by atoms with van der Waals surface area (Å²) in [5.74, 6) is -0.0577. The highest BCUT2D eigenvalue weighted by atomic mass is 16.6. The number of ether oxygens (including phenoxy) is 1. The molecular formula is C17H23N3O3. The van der Waals surface area contributed by atoms with E-state index < -0.39 is 5.60 Å². The van der Waals surface area contributed by atoms with Crippen LogP contribution in [0.25, 0.3) is 6.08 Å². The summed E-state index contributed by atoms with van der Waals surface area (Å²) in [6, 6.07) is 3.71. The Labute approximate surface area is 136 Å². The smallest absolute Gasteiger partial charge is 0.410 e. The molecule has 0 aromatic carbocycles. The topological polar surface area (TPSA) is 62.7 Å². The molecule has 2 amide bonds. The van der Waals surface area contributed by atoms with E-state index in [9.17, 15) is 9.59 Å². The molecule has 2 rings (SSSR count). The van der Waals surface area contributed by atoms with Crippen LogP contribution in [0.5, 0.6) is 0 Å². The third-order valence-electron chi connectivity index (χ3n) is 3.35. The molecule has 1 aliphatic rings. The van der Waals surface area contributed by atoms with Gasteiger partial charge in [0.15, 0.2) is 0 Å². The Morgan fingerprint density at radius 3 is 2.39 bits per heavy atom. The van der Waals surface area contributed by atoms with Gasteiger partial charge in [-0.2, -0.15) is 0 Å². The lowest BCUT2D eigenvalue weighted by Crippen LogP contribution is -2.51. The van der Waals surface area contributed by atoms with Gasteiger partial charge in [0.1, 0.15) is 5.60 Å². The molecule has 124 valence electrons. The lowest BCUT2D eigenvalue weighted by atomic mass is 10.2. The first-order valence-corrected chi connectivity index (χ1v) is 7.70. The Morgan fingerprint density at radius 2 is 1.83 bits per heavy atom. The van der Waals surface area contributed by atoms with Gasteiger partial charge < -0.3 is 14.5 Å². The van der Waals surface area contributed by atoms with Crippen LogP contribution in [0, 0.1) is 0 Å². The van der Waals surface area contributed by atoms with Crippen LogP contribution in [0.15, 0.2) is 30.6 Å². The summed E-state index contributed by atoms with van der Waals surface area (Å²) in [4.78, 5) is 31.5. The summed E-state index contributed by atoms with van der Waals surface area (Å²) in [6.45, 7) is 7.52. The van der Waals surface area contributed by atoms with E-state index in [1.165, 1.54) is 0 Å². The van der Waals surface area contributed by atoms with Crippen molar-refractivity contribution in [2.75, 3.05) is 26.2 Å². The van der Waals surface area contributed by atoms with E-state index >= 15 is 0 Å². The zero-order chi connectivity index (χ0) is 16.9. The molecule has 1 saturated heterocycles. The Kier molecular flexibility index (Phi) is 5.36. The molecule has 1 aromatic heterocycles. The van der Waals surface area contributed by atoms with E-state index in [-0.39, 0.29) is 12.0 Å². The minimum atomic E-state index is -0.503. The minimum absolute atomic E-state index is 0.0577. The maximum atomic E-state index is 12.2. The van der Waals surface area contributed by atoms with E-state index in [0.29, 0.717) is 26.2 Å². The molecule has 0 saturated carbocycles. The van der Waals surface area contributed by atoms with Crippen molar-refractivity contribution in [1.29, 1.82) is 0 Å². The van der Waals surface area contributed by atoms with Crippen LogP contribution >= 0.6 is 0 Å². The van der Waals surface area contributed by atoms with Crippen molar-refractivity contribution < 1.29 is 14.3 Å². The second-order valence-corrected chi connectivity index (χ2v) is 6.41. The van der Waals surface area contributed by atoms with Gasteiger partial charge in [0.25, 0.3) is 0 Å². The van der Waals surface area contributed by atoms with Gasteiger partial charge in [0.2, 0.25) is 5.91 Å². The van der Waals surface area contributed by atoms with E-state index in [0.717, 1.165) is 5.56 Å². The third-order valence-corrected chi connectivity index (χ3v) is 3.35. The molecule has 0 bridgehead atoms. The predicted octanol–water partition coefficient (Wildman–Crippen LogP) is 2.17. The molecule has 6 heteroatoms. The molecule has 0 spiro atoms. The Bertz CT molecular complexity index is 570. The van der Waals surface area contributed by atoms with Crippen molar-refractivity contribution in [3.8, 4) is 0 Å². The highest BCUT2D eigenvalue weighted by Crippen LogP contribution is 2.12. The van der Waals surface area contributed by atoms with E-state index in [1.54, 1.807) is 34.3 Å². The molecule has 23 heavy (non-hydrogen) atoms. The summed E-state index contributed by atoms with van der Waals surface area (Å²) in [6.07, 6.45) is 6.35. The molecule has 0 N–H and O–H groups in total. The van der Waals surface area contributed by atoms with Crippen molar-refractivity contribution in [2.24, 2.45) is 0 Å². The van der Waals surface area contributed by atoms with Crippen LogP contribution in [0.1, 0.15) is 26.3 Å². The van der Waals surface area contributed by atoms with E-state index in [2.05, 4.69) is 4.98 Å². The van der Waals surface area contributed by atoms with Crippen LogP contribution in [0.4, 0.5) is 4.79 Å². The Morgan fingerprint density at radius 1 is 1.17 bits per heavy atom. The highest BCUT2D eigenvalue weighted by Gasteiger charge is 2.26. The zero-order valence-corrected chi connectivity index (χ0v) is 13.9. The third kappa shape index (κ3) is 5.39. The fourth-order valence-corrected chi connectivity index (χ4v) is 2.18. The summed E-state index contributed by atoms with van der Waals surface area (Å²) >= 11 is 0. The van der Waals surface area contributed by atoms with Crippen molar-refractivity contribution in [1.82, 2.24) is 14.8 Å². The quantitative estimate of drug-likeness (QED) is 0.784. The van der Waals surface area contributed by atoms with Gasteiger partial charge >= 0.3 is 6.09 Å². The maximum Gasteiger partial charge on any atom is 0.410 e.